The molecule has 20 heavy (non-hydrogen) atoms. The lowest BCUT2D eigenvalue weighted by atomic mass is 9.79. The van der Waals surface area contributed by atoms with Crippen LogP contribution in [0.4, 0.5) is 0 Å². The highest BCUT2D eigenvalue weighted by molar-refractivity contribution is 7.89. The van der Waals surface area contributed by atoms with E-state index in [2.05, 4.69) is 0 Å². The zero-order chi connectivity index (χ0) is 15.3. The van der Waals surface area contributed by atoms with Crippen molar-refractivity contribution in [2.24, 2.45) is 5.14 Å². The van der Waals surface area contributed by atoms with Crippen molar-refractivity contribution < 1.29 is 17.7 Å². The van der Waals surface area contributed by atoms with Crippen LogP contribution in [0.25, 0.3) is 0 Å². The zero-order valence-corrected chi connectivity index (χ0v) is 13.4. The molecule has 1 aliphatic heterocycles. The van der Waals surface area contributed by atoms with Crippen molar-refractivity contribution >= 4 is 34.2 Å². The van der Waals surface area contributed by atoms with Crippen LogP contribution in [0.2, 0.25) is 5.02 Å². The minimum absolute atomic E-state index is 0.0217. The van der Waals surface area contributed by atoms with Crippen LogP contribution in [-0.2, 0) is 19.3 Å². The van der Waals surface area contributed by atoms with Gasteiger partial charge in [-0.15, -0.1) is 0 Å². The van der Waals surface area contributed by atoms with Crippen molar-refractivity contribution in [3.8, 4) is 0 Å². The Morgan fingerprint density at radius 3 is 2.10 bits per heavy atom. The van der Waals surface area contributed by atoms with E-state index in [4.69, 9.17) is 26.0 Å². The second-order valence-corrected chi connectivity index (χ2v) is 7.79. The molecule has 0 bridgehead atoms. The number of sulfonamides is 1. The molecule has 0 aromatic heterocycles. The monoisotopic (exact) mass is 317 g/mol. The number of hydrogen-bond donors (Lipinski definition) is 1. The predicted octanol–water partition coefficient (Wildman–Crippen LogP) is 1.29. The first-order chi connectivity index (χ1) is 8.94. The molecule has 2 rings (SSSR count). The lowest BCUT2D eigenvalue weighted by molar-refractivity contribution is 0.00578. The Bertz CT molecular complexity index is 629. The molecular weight excluding hydrogens is 300 g/mol. The largest absolute Gasteiger partial charge is 0.496 e. The minimum Gasteiger partial charge on any atom is -0.399 e. The molecule has 2 N–H and O–H groups in total. The average molecular weight is 318 g/mol. The highest BCUT2D eigenvalue weighted by Crippen LogP contribution is 2.37. The van der Waals surface area contributed by atoms with Crippen molar-refractivity contribution in [1.29, 1.82) is 0 Å². The molecule has 8 heteroatoms. The maximum absolute atomic E-state index is 11.4. The SMILES string of the molecule is CC1(C)OB(c2cc(S(N)(=O)=O)ccc2Cl)OC1(C)C. The van der Waals surface area contributed by atoms with Gasteiger partial charge in [-0.05, 0) is 45.9 Å². The Hall–Kier alpha value is -0.595. The van der Waals surface area contributed by atoms with E-state index in [0.717, 1.165) is 0 Å². The minimum atomic E-state index is -3.80. The molecule has 1 aromatic rings. The van der Waals surface area contributed by atoms with Crippen LogP contribution in [0.15, 0.2) is 23.1 Å². The van der Waals surface area contributed by atoms with Gasteiger partial charge in [-0.25, -0.2) is 13.6 Å². The molecule has 0 unspecified atom stereocenters. The van der Waals surface area contributed by atoms with Crippen LogP contribution in [0.5, 0.6) is 0 Å². The Balaban J connectivity index is 2.45. The van der Waals surface area contributed by atoms with Gasteiger partial charge in [0.25, 0.3) is 0 Å². The topological polar surface area (TPSA) is 78.6 Å². The number of primary sulfonamides is 1. The van der Waals surface area contributed by atoms with Crippen molar-refractivity contribution in [3.63, 3.8) is 0 Å². The summed E-state index contributed by atoms with van der Waals surface area (Å²) in [5.74, 6) is 0. The van der Waals surface area contributed by atoms with Crippen LogP contribution in [-0.4, -0.2) is 26.7 Å². The van der Waals surface area contributed by atoms with E-state index >= 15 is 0 Å². The molecule has 0 saturated carbocycles. The fourth-order valence-electron chi connectivity index (χ4n) is 1.85. The first-order valence-corrected chi connectivity index (χ1v) is 8.04. The zero-order valence-electron chi connectivity index (χ0n) is 11.8. The molecule has 5 nitrogen and oxygen atoms in total. The van der Waals surface area contributed by atoms with E-state index in [1.54, 1.807) is 0 Å². The summed E-state index contributed by atoms with van der Waals surface area (Å²) in [6.45, 7) is 7.63. The fraction of sp³-hybridized carbons (Fsp3) is 0.500. The van der Waals surface area contributed by atoms with Crippen molar-refractivity contribution in [1.82, 2.24) is 0 Å². The van der Waals surface area contributed by atoms with Gasteiger partial charge in [0.2, 0.25) is 10.0 Å². The first kappa shape index (κ1) is 15.8. The van der Waals surface area contributed by atoms with Gasteiger partial charge >= 0.3 is 7.12 Å². The summed E-state index contributed by atoms with van der Waals surface area (Å²) in [6.07, 6.45) is 0. The molecule has 0 aliphatic carbocycles. The summed E-state index contributed by atoms with van der Waals surface area (Å²) in [5, 5.41) is 5.50. The van der Waals surface area contributed by atoms with Crippen molar-refractivity contribution in [3.05, 3.63) is 23.2 Å². The maximum atomic E-state index is 11.4. The number of rotatable bonds is 2. The Morgan fingerprint density at radius 1 is 1.15 bits per heavy atom. The van der Waals surface area contributed by atoms with Gasteiger partial charge in [0, 0.05) is 10.5 Å². The smallest absolute Gasteiger partial charge is 0.399 e. The van der Waals surface area contributed by atoms with Crippen LogP contribution in [0, 0.1) is 0 Å². The normalized spacial score (nSPS) is 21.2. The van der Waals surface area contributed by atoms with Crippen LogP contribution < -0.4 is 10.6 Å². The predicted molar refractivity (Wildman–Crippen MR) is 78.5 cm³/mol. The number of hydrogen-bond acceptors (Lipinski definition) is 4. The Kier molecular flexibility index (Phi) is 3.72. The Labute approximate surface area is 124 Å². The standard InChI is InChI=1S/C12H17BClNO4S/c1-11(2)12(3,4)19-13(18-11)9-7-8(20(15,16)17)5-6-10(9)14/h5-7H,1-4H3,(H2,15,16,17). The van der Waals surface area contributed by atoms with Crippen LogP contribution in [0.3, 0.4) is 0 Å². The molecule has 1 aliphatic rings. The molecule has 0 spiro atoms. The fourth-order valence-corrected chi connectivity index (χ4v) is 2.61. The molecular formula is C12H17BClNO4S. The molecule has 110 valence electrons. The highest BCUT2D eigenvalue weighted by Gasteiger charge is 2.52. The molecule has 1 heterocycles. The van der Waals surface area contributed by atoms with E-state index in [1.807, 2.05) is 27.7 Å². The summed E-state index contributed by atoms with van der Waals surface area (Å²) in [5.41, 5.74) is -0.603. The van der Waals surface area contributed by atoms with Gasteiger partial charge in [-0.1, -0.05) is 11.6 Å². The molecule has 1 fully saturated rings. The van der Waals surface area contributed by atoms with Crippen LogP contribution >= 0.6 is 11.6 Å². The van der Waals surface area contributed by atoms with Crippen molar-refractivity contribution in [2.45, 2.75) is 43.8 Å². The average Bonchev–Trinajstić information content (AvgIpc) is 2.46. The third-order valence-corrected chi connectivity index (χ3v) is 5.06. The third-order valence-electron chi connectivity index (χ3n) is 3.80. The second kappa shape index (κ2) is 4.71. The highest BCUT2D eigenvalue weighted by atomic mass is 35.5. The summed E-state index contributed by atoms with van der Waals surface area (Å²) in [4.78, 5) is -0.0217. The Morgan fingerprint density at radius 2 is 1.65 bits per heavy atom. The van der Waals surface area contributed by atoms with Crippen LogP contribution in [0.1, 0.15) is 27.7 Å². The van der Waals surface area contributed by atoms with Gasteiger partial charge in [0.05, 0.1) is 16.1 Å². The van der Waals surface area contributed by atoms with E-state index in [1.165, 1.54) is 18.2 Å². The number of halogens is 1. The van der Waals surface area contributed by atoms with Gasteiger partial charge in [-0.2, -0.15) is 0 Å². The molecule has 0 amide bonds. The van der Waals surface area contributed by atoms with E-state index in [-0.39, 0.29) is 4.90 Å². The summed E-state index contributed by atoms with van der Waals surface area (Å²) < 4.78 is 34.6. The summed E-state index contributed by atoms with van der Waals surface area (Å²) in [7, 11) is -4.53. The summed E-state index contributed by atoms with van der Waals surface area (Å²) >= 11 is 6.12. The number of benzene rings is 1. The lowest BCUT2D eigenvalue weighted by Gasteiger charge is -2.32. The van der Waals surface area contributed by atoms with Gasteiger partial charge in [0.15, 0.2) is 0 Å². The summed E-state index contributed by atoms with van der Waals surface area (Å²) in [6, 6.07) is 4.22. The third kappa shape index (κ3) is 2.73. The second-order valence-electron chi connectivity index (χ2n) is 5.82. The molecule has 0 radical (unpaired) electrons. The van der Waals surface area contributed by atoms with E-state index in [9.17, 15) is 8.42 Å². The molecule has 0 atom stereocenters. The maximum Gasteiger partial charge on any atom is 0.496 e. The molecule has 1 saturated heterocycles. The lowest BCUT2D eigenvalue weighted by Crippen LogP contribution is -2.41. The van der Waals surface area contributed by atoms with E-state index in [0.29, 0.717) is 10.5 Å². The van der Waals surface area contributed by atoms with Gasteiger partial charge in [0.1, 0.15) is 0 Å². The van der Waals surface area contributed by atoms with Gasteiger partial charge in [-0.3, -0.25) is 0 Å². The van der Waals surface area contributed by atoms with Gasteiger partial charge < -0.3 is 9.31 Å². The first-order valence-electron chi connectivity index (χ1n) is 6.12. The van der Waals surface area contributed by atoms with Crippen molar-refractivity contribution in [2.75, 3.05) is 0 Å². The quantitative estimate of drug-likeness (QED) is 0.834. The van der Waals surface area contributed by atoms with E-state index < -0.39 is 28.3 Å². The molecule has 1 aromatic carbocycles. The number of nitrogens with two attached hydrogens (primary N) is 1.